The zero-order chi connectivity index (χ0) is 10.5. The van der Waals surface area contributed by atoms with Crippen LogP contribution in [0.3, 0.4) is 0 Å². The van der Waals surface area contributed by atoms with Gasteiger partial charge in [-0.2, -0.15) is 0 Å². The Labute approximate surface area is 93.6 Å². The van der Waals surface area contributed by atoms with E-state index in [1.165, 1.54) is 0 Å². The standard InChI is InChI=1S/C10H13ClN2O2/c11-4-8-5-13-10(6-12-8)15-7-9-2-1-3-14-9/h5-6,9H,1-4,7H2. The summed E-state index contributed by atoms with van der Waals surface area (Å²) in [5.41, 5.74) is 0.751. The van der Waals surface area contributed by atoms with E-state index in [4.69, 9.17) is 21.1 Å². The van der Waals surface area contributed by atoms with Gasteiger partial charge in [0.1, 0.15) is 6.61 Å². The molecule has 1 saturated heterocycles. The van der Waals surface area contributed by atoms with Gasteiger partial charge in [0.2, 0.25) is 5.88 Å². The number of aromatic nitrogens is 2. The third kappa shape index (κ3) is 3.04. The van der Waals surface area contributed by atoms with Crippen molar-refractivity contribution >= 4 is 11.6 Å². The molecule has 0 aliphatic carbocycles. The molecular weight excluding hydrogens is 216 g/mol. The van der Waals surface area contributed by atoms with Gasteiger partial charge in [-0.3, -0.25) is 4.98 Å². The van der Waals surface area contributed by atoms with Crippen molar-refractivity contribution in [2.75, 3.05) is 13.2 Å². The van der Waals surface area contributed by atoms with Gasteiger partial charge in [-0.1, -0.05) is 0 Å². The van der Waals surface area contributed by atoms with Crippen LogP contribution in [0.4, 0.5) is 0 Å². The van der Waals surface area contributed by atoms with Crippen LogP contribution in [0.25, 0.3) is 0 Å². The summed E-state index contributed by atoms with van der Waals surface area (Å²) in [6.07, 6.45) is 5.60. The van der Waals surface area contributed by atoms with E-state index < -0.39 is 0 Å². The summed E-state index contributed by atoms with van der Waals surface area (Å²) in [6, 6.07) is 0. The van der Waals surface area contributed by atoms with Gasteiger partial charge in [0.05, 0.1) is 30.1 Å². The highest BCUT2D eigenvalue weighted by Gasteiger charge is 2.16. The molecule has 0 aromatic carbocycles. The average molecular weight is 229 g/mol. The van der Waals surface area contributed by atoms with Crippen LogP contribution >= 0.6 is 11.6 Å². The summed E-state index contributed by atoms with van der Waals surface area (Å²) in [5, 5.41) is 0. The van der Waals surface area contributed by atoms with Gasteiger partial charge in [-0.05, 0) is 12.8 Å². The molecule has 5 heteroatoms. The second kappa shape index (κ2) is 5.28. The first-order valence-electron chi connectivity index (χ1n) is 5.00. The van der Waals surface area contributed by atoms with Gasteiger partial charge in [0, 0.05) is 6.61 Å². The molecule has 1 unspecified atom stereocenters. The number of alkyl halides is 1. The molecule has 1 aromatic heterocycles. The Morgan fingerprint density at radius 3 is 3.00 bits per heavy atom. The first-order valence-corrected chi connectivity index (χ1v) is 5.53. The molecule has 0 saturated carbocycles. The third-order valence-electron chi connectivity index (χ3n) is 2.26. The quantitative estimate of drug-likeness (QED) is 0.737. The van der Waals surface area contributed by atoms with E-state index in [0.717, 1.165) is 25.1 Å². The first kappa shape index (κ1) is 10.6. The van der Waals surface area contributed by atoms with Gasteiger partial charge in [-0.25, -0.2) is 4.98 Å². The lowest BCUT2D eigenvalue weighted by molar-refractivity contribution is 0.0662. The molecule has 1 aliphatic rings. The van der Waals surface area contributed by atoms with E-state index in [-0.39, 0.29) is 6.10 Å². The highest BCUT2D eigenvalue weighted by Crippen LogP contribution is 2.13. The van der Waals surface area contributed by atoms with Crippen LogP contribution in [-0.2, 0) is 10.6 Å². The maximum atomic E-state index is 5.60. The van der Waals surface area contributed by atoms with Gasteiger partial charge in [0.25, 0.3) is 0 Å². The van der Waals surface area contributed by atoms with Crippen molar-refractivity contribution in [3.8, 4) is 5.88 Å². The molecule has 2 heterocycles. The van der Waals surface area contributed by atoms with Crippen LogP contribution in [0, 0.1) is 0 Å². The van der Waals surface area contributed by atoms with Crippen LogP contribution in [0.5, 0.6) is 5.88 Å². The van der Waals surface area contributed by atoms with E-state index in [9.17, 15) is 0 Å². The molecule has 4 nitrogen and oxygen atoms in total. The fourth-order valence-corrected chi connectivity index (χ4v) is 1.58. The lowest BCUT2D eigenvalue weighted by Crippen LogP contribution is -2.16. The average Bonchev–Trinajstić information content (AvgIpc) is 2.80. The van der Waals surface area contributed by atoms with Crippen molar-refractivity contribution < 1.29 is 9.47 Å². The second-order valence-corrected chi connectivity index (χ2v) is 3.69. The summed E-state index contributed by atoms with van der Waals surface area (Å²) in [7, 11) is 0. The maximum absolute atomic E-state index is 5.60. The van der Waals surface area contributed by atoms with Gasteiger partial charge < -0.3 is 9.47 Å². The topological polar surface area (TPSA) is 44.2 Å². The highest BCUT2D eigenvalue weighted by atomic mass is 35.5. The summed E-state index contributed by atoms with van der Waals surface area (Å²) in [6.45, 7) is 1.39. The summed E-state index contributed by atoms with van der Waals surface area (Å²) in [5.74, 6) is 0.901. The molecule has 1 atom stereocenters. The molecule has 0 spiro atoms. The summed E-state index contributed by atoms with van der Waals surface area (Å²) >= 11 is 5.60. The number of halogens is 1. The minimum absolute atomic E-state index is 0.208. The predicted octanol–water partition coefficient (Wildman–Crippen LogP) is 1.77. The van der Waals surface area contributed by atoms with Crippen LogP contribution in [0.2, 0.25) is 0 Å². The Balaban J connectivity index is 1.82. The van der Waals surface area contributed by atoms with E-state index in [1.807, 2.05) is 0 Å². The third-order valence-corrected chi connectivity index (χ3v) is 2.53. The van der Waals surface area contributed by atoms with E-state index in [2.05, 4.69) is 9.97 Å². The van der Waals surface area contributed by atoms with Crippen LogP contribution < -0.4 is 4.74 Å². The molecule has 0 bridgehead atoms. The van der Waals surface area contributed by atoms with Gasteiger partial charge in [0.15, 0.2) is 0 Å². The number of nitrogens with zero attached hydrogens (tertiary/aromatic N) is 2. The Morgan fingerprint density at radius 1 is 1.47 bits per heavy atom. The maximum Gasteiger partial charge on any atom is 0.232 e. The number of ether oxygens (including phenoxy) is 2. The zero-order valence-electron chi connectivity index (χ0n) is 8.36. The molecule has 15 heavy (non-hydrogen) atoms. The van der Waals surface area contributed by atoms with Crippen LogP contribution in [0.1, 0.15) is 18.5 Å². The molecule has 2 rings (SSSR count). The van der Waals surface area contributed by atoms with E-state index >= 15 is 0 Å². The number of hydrogen-bond donors (Lipinski definition) is 0. The number of hydrogen-bond acceptors (Lipinski definition) is 4. The molecule has 1 fully saturated rings. The fraction of sp³-hybridized carbons (Fsp3) is 0.600. The predicted molar refractivity (Wildman–Crippen MR) is 56.1 cm³/mol. The van der Waals surface area contributed by atoms with Crippen molar-refractivity contribution in [2.45, 2.75) is 24.8 Å². The monoisotopic (exact) mass is 228 g/mol. The molecule has 1 aliphatic heterocycles. The Morgan fingerprint density at radius 2 is 2.40 bits per heavy atom. The summed E-state index contributed by atoms with van der Waals surface area (Å²) < 4.78 is 10.9. The van der Waals surface area contributed by atoms with E-state index in [1.54, 1.807) is 12.4 Å². The molecule has 1 aromatic rings. The smallest absolute Gasteiger partial charge is 0.232 e. The molecule has 0 N–H and O–H groups in total. The van der Waals surface area contributed by atoms with Gasteiger partial charge in [-0.15, -0.1) is 11.6 Å². The molecule has 0 radical (unpaired) electrons. The Bertz CT molecular complexity index is 299. The largest absolute Gasteiger partial charge is 0.474 e. The van der Waals surface area contributed by atoms with Crippen molar-refractivity contribution in [1.29, 1.82) is 0 Å². The fourth-order valence-electron chi connectivity index (χ4n) is 1.44. The van der Waals surface area contributed by atoms with Crippen molar-refractivity contribution in [2.24, 2.45) is 0 Å². The highest BCUT2D eigenvalue weighted by molar-refractivity contribution is 6.16. The molecule has 0 amide bonds. The summed E-state index contributed by atoms with van der Waals surface area (Å²) in [4.78, 5) is 8.17. The lowest BCUT2D eigenvalue weighted by atomic mass is 10.2. The van der Waals surface area contributed by atoms with Crippen LogP contribution in [0.15, 0.2) is 12.4 Å². The molecule has 82 valence electrons. The second-order valence-electron chi connectivity index (χ2n) is 3.43. The lowest BCUT2D eigenvalue weighted by Gasteiger charge is -2.10. The minimum Gasteiger partial charge on any atom is -0.474 e. The van der Waals surface area contributed by atoms with Crippen molar-refractivity contribution in [3.63, 3.8) is 0 Å². The Hall–Kier alpha value is -0.870. The van der Waals surface area contributed by atoms with E-state index in [0.29, 0.717) is 18.4 Å². The Kier molecular flexibility index (Phi) is 3.75. The van der Waals surface area contributed by atoms with Gasteiger partial charge >= 0.3 is 0 Å². The van der Waals surface area contributed by atoms with Crippen LogP contribution in [-0.4, -0.2) is 29.3 Å². The van der Waals surface area contributed by atoms with Crippen molar-refractivity contribution in [1.82, 2.24) is 9.97 Å². The SMILES string of the molecule is ClCc1cnc(OCC2CCCO2)cn1. The zero-order valence-corrected chi connectivity index (χ0v) is 9.11. The minimum atomic E-state index is 0.208. The first-order chi connectivity index (χ1) is 7.38. The van der Waals surface area contributed by atoms with Crippen molar-refractivity contribution in [3.05, 3.63) is 18.1 Å². The number of rotatable bonds is 4. The molecular formula is C10H13ClN2O2. The normalized spacial score (nSPS) is 20.5.